The predicted octanol–water partition coefficient (Wildman–Crippen LogP) is 2.38. The molecule has 2 fully saturated rings. The first-order valence-electron chi connectivity index (χ1n) is 11.6. The van der Waals surface area contributed by atoms with Gasteiger partial charge in [-0.25, -0.2) is 0 Å². The molecule has 1 aromatic carbocycles. The average molecular weight is 553 g/mol. The standard InChI is InChI=1S/C24H36N6O.HI/c1-20(23(31)29-12-5-6-13-29)27-14-16-30(17-15-27)24(25-2)26-19-21-8-7-9-22(18-21)28-10-3-4-11-28;/h3-4,7-9,18,20H,5-6,10-17,19H2,1-2H3,(H,25,26);1H. The van der Waals surface area contributed by atoms with Crippen LogP contribution >= 0.6 is 24.0 Å². The summed E-state index contributed by atoms with van der Waals surface area (Å²) in [4.78, 5) is 26.3. The maximum Gasteiger partial charge on any atom is 0.239 e. The summed E-state index contributed by atoms with van der Waals surface area (Å²) in [5.74, 6) is 1.23. The number of piperazine rings is 1. The van der Waals surface area contributed by atoms with Crippen molar-refractivity contribution < 1.29 is 4.79 Å². The number of hydrogen-bond acceptors (Lipinski definition) is 4. The van der Waals surface area contributed by atoms with E-state index in [9.17, 15) is 4.79 Å². The lowest BCUT2D eigenvalue weighted by Crippen LogP contribution is -2.57. The van der Waals surface area contributed by atoms with Crippen LogP contribution in [0.15, 0.2) is 41.4 Å². The Bertz CT molecular complexity index is 806. The number of benzene rings is 1. The van der Waals surface area contributed by atoms with Gasteiger partial charge in [0, 0.05) is 71.6 Å². The molecule has 176 valence electrons. The van der Waals surface area contributed by atoms with Crippen molar-refractivity contribution in [2.24, 2.45) is 4.99 Å². The highest BCUT2D eigenvalue weighted by Gasteiger charge is 2.30. The van der Waals surface area contributed by atoms with Crippen molar-refractivity contribution in [3.8, 4) is 0 Å². The van der Waals surface area contributed by atoms with Crippen LogP contribution in [0.3, 0.4) is 0 Å². The van der Waals surface area contributed by atoms with Crippen LogP contribution in [0.2, 0.25) is 0 Å². The summed E-state index contributed by atoms with van der Waals surface area (Å²) in [5, 5.41) is 3.53. The van der Waals surface area contributed by atoms with Crippen LogP contribution in [-0.4, -0.2) is 92.0 Å². The van der Waals surface area contributed by atoms with Gasteiger partial charge in [0.2, 0.25) is 5.91 Å². The molecule has 1 N–H and O–H groups in total. The van der Waals surface area contributed by atoms with Gasteiger partial charge < -0.3 is 20.0 Å². The first kappa shape index (κ1) is 24.8. The number of guanidine groups is 1. The van der Waals surface area contributed by atoms with Crippen LogP contribution < -0.4 is 10.2 Å². The fourth-order valence-electron chi connectivity index (χ4n) is 4.74. The number of aliphatic imine (C=N–C) groups is 1. The Balaban J connectivity index is 0.00000289. The van der Waals surface area contributed by atoms with E-state index < -0.39 is 0 Å². The summed E-state index contributed by atoms with van der Waals surface area (Å²) >= 11 is 0. The van der Waals surface area contributed by atoms with E-state index in [0.29, 0.717) is 5.91 Å². The third kappa shape index (κ3) is 5.95. The number of nitrogens with zero attached hydrogens (tertiary/aromatic N) is 5. The zero-order valence-electron chi connectivity index (χ0n) is 19.4. The molecule has 1 atom stereocenters. The van der Waals surface area contributed by atoms with Crippen molar-refractivity contribution in [3.63, 3.8) is 0 Å². The second-order valence-corrected chi connectivity index (χ2v) is 8.68. The number of carbonyl (C=O) groups excluding carboxylic acids is 1. The number of anilines is 1. The van der Waals surface area contributed by atoms with Crippen LogP contribution in [0.4, 0.5) is 5.69 Å². The van der Waals surface area contributed by atoms with Crippen LogP contribution in [0.5, 0.6) is 0 Å². The zero-order chi connectivity index (χ0) is 21.6. The minimum atomic E-state index is -0.0296. The Morgan fingerprint density at radius 2 is 1.72 bits per heavy atom. The number of likely N-dealkylation sites (tertiary alicyclic amines) is 1. The molecule has 4 rings (SSSR count). The lowest BCUT2D eigenvalue weighted by Gasteiger charge is -2.39. The van der Waals surface area contributed by atoms with Gasteiger partial charge in [0.15, 0.2) is 5.96 Å². The summed E-state index contributed by atoms with van der Waals surface area (Å²) in [7, 11) is 1.85. The molecule has 1 amide bonds. The van der Waals surface area contributed by atoms with Gasteiger partial charge in [-0.2, -0.15) is 0 Å². The minimum Gasteiger partial charge on any atom is -0.364 e. The van der Waals surface area contributed by atoms with Crippen LogP contribution in [-0.2, 0) is 11.3 Å². The maximum atomic E-state index is 12.7. The highest BCUT2D eigenvalue weighted by atomic mass is 127. The molecule has 0 saturated carbocycles. The molecule has 32 heavy (non-hydrogen) atoms. The van der Waals surface area contributed by atoms with Gasteiger partial charge in [-0.15, -0.1) is 24.0 Å². The quantitative estimate of drug-likeness (QED) is 0.263. The van der Waals surface area contributed by atoms with Crippen LogP contribution in [0, 0.1) is 0 Å². The fourth-order valence-corrected chi connectivity index (χ4v) is 4.74. The van der Waals surface area contributed by atoms with E-state index in [1.165, 1.54) is 11.3 Å². The molecular formula is C24H37IN6O. The lowest BCUT2D eigenvalue weighted by molar-refractivity contribution is -0.135. The van der Waals surface area contributed by atoms with E-state index in [1.807, 2.05) is 11.9 Å². The number of nitrogens with one attached hydrogen (secondary N) is 1. The number of carbonyl (C=O) groups is 1. The summed E-state index contributed by atoms with van der Waals surface area (Å²) in [5.41, 5.74) is 2.53. The first-order valence-corrected chi connectivity index (χ1v) is 11.6. The molecule has 3 heterocycles. The average Bonchev–Trinajstić information content (AvgIpc) is 3.54. The SMILES string of the molecule is CN=C(NCc1cccc(N2CC=CC2)c1)N1CCN(C(C)C(=O)N2CCCC2)CC1.I. The number of rotatable bonds is 5. The van der Waals surface area contributed by atoms with Crippen LogP contribution in [0.25, 0.3) is 0 Å². The van der Waals surface area contributed by atoms with E-state index in [2.05, 4.69) is 68.4 Å². The molecule has 0 spiro atoms. The Morgan fingerprint density at radius 3 is 2.38 bits per heavy atom. The molecule has 0 radical (unpaired) electrons. The second kappa shape index (κ2) is 11.9. The number of amides is 1. The van der Waals surface area contributed by atoms with Gasteiger partial charge in [0.1, 0.15) is 0 Å². The van der Waals surface area contributed by atoms with Crippen molar-refractivity contribution in [2.75, 3.05) is 64.3 Å². The minimum absolute atomic E-state index is 0. The van der Waals surface area contributed by atoms with Gasteiger partial charge in [0.25, 0.3) is 0 Å². The van der Waals surface area contributed by atoms with Gasteiger partial charge >= 0.3 is 0 Å². The Hall–Kier alpha value is -1.81. The van der Waals surface area contributed by atoms with E-state index in [-0.39, 0.29) is 30.0 Å². The molecule has 3 aliphatic heterocycles. The normalized spacial score (nSPS) is 20.4. The summed E-state index contributed by atoms with van der Waals surface area (Å²) < 4.78 is 0. The molecule has 1 unspecified atom stereocenters. The molecular weight excluding hydrogens is 515 g/mol. The summed E-state index contributed by atoms with van der Waals surface area (Å²) in [6, 6.07) is 8.70. The van der Waals surface area contributed by atoms with Crippen molar-refractivity contribution in [3.05, 3.63) is 42.0 Å². The summed E-state index contributed by atoms with van der Waals surface area (Å²) in [6.07, 6.45) is 6.72. The highest BCUT2D eigenvalue weighted by molar-refractivity contribution is 14.0. The van der Waals surface area contributed by atoms with E-state index >= 15 is 0 Å². The fraction of sp³-hybridized carbons (Fsp3) is 0.583. The van der Waals surface area contributed by atoms with Crippen molar-refractivity contribution in [2.45, 2.75) is 32.4 Å². The van der Waals surface area contributed by atoms with E-state index in [0.717, 1.165) is 77.7 Å². The van der Waals surface area contributed by atoms with Gasteiger partial charge in [-0.05, 0) is 37.5 Å². The van der Waals surface area contributed by atoms with Gasteiger partial charge in [-0.1, -0.05) is 24.3 Å². The molecule has 8 heteroatoms. The summed E-state index contributed by atoms with van der Waals surface area (Å²) in [6.45, 7) is 10.2. The second-order valence-electron chi connectivity index (χ2n) is 8.68. The molecule has 1 aromatic rings. The molecule has 0 bridgehead atoms. The predicted molar refractivity (Wildman–Crippen MR) is 142 cm³/mol. The van der Waals surface area contributed by atoms with Crippen molar-refractivity contribution >= 4 is 41.5 Å². The number of hydrogen-bond donors (Lipinski definition) is 1. The molecule has 7 nitrogen and oxygen atoms in total. The largest absolute Gasteiger partial charge is 0.364 e. The molecule has 0 aromatic heterocycles. The van der Waals surface area contributed by atoms with Crippen molar-refractivity contribution in [1.29, 1.82) is 0 Å². The van der Waals surface area contributed by atoms with Crippen LogP contribution in [0.1, 0.15) is 25.3 Å². The number of halogens is 1. The highest BCUT2D eigenvalue weighted by Crippen LogP contribution is 2.19. The topological polar surface area (TPSA) is 54.4 Å². The van der Waals surface area contributed by atoms with Crippen molar-refractivity contribution in [1.82, 2.24) is 20.0 Å². The smallest absolute Gasteiger partial charge is 0.239 e. The third-order valence-electron chi connectivity index (χ3n) is 6.69. The maximum absolute atomic E-state index is 12.7. The monoisotopic (exact) mass is 552 g/mol. The van der Waals surface area contributed by atoms with E-state index in [4.69, 9.17) is 0 Å². The van der Waals surface area contributed by atoms with Gasteiger partial charge in [0.05, 0.1) is 6.04 Å². The first-order chi connectivity index (χ1) is 15.2. The molecule has 2 saturated heterocycles. The molecule has 3 aliphatic rings. The van der Waals surface area contributed by atoms with E-state index in [1.54, 1.807) is 0 Å². The lowest BCUT2D eigenvalue weighted by atomic mass is 10.2. The Kier molecular flexibility index (Phi) is 9.22. The molecule has 0 aliphatic carbocycles. The zero-order valence-corrected chi connectivity index (χ0v) is 21.7. The third-order valence-corrected chi connectivity index (χ3v) is 6.69. The Labute approximate surface area is 209 Å². The Morgan fingerprint density at radius 1 is 1.03 bits per heavy atom. The van der Waals surface area contributed by atoms with Gasteiger partial charge in [-0.3, -0.25) is 14.7 Å².